The van der Waals surface area contributed by atoms with Crippen LogP contribution >= 0.6 is 0 Å². The normalized spacial score (nSPS) is 10.6. The van der Waals surface area contributed by atoms with Gasteiger partial charge in [-0.3, -0.25) is 4.79 Å². The van der Waals surface area contributed by atoms with Crippen LogP contribution in [-0.4, -0.2) is 16.1 Å². The largest absolute Gasteiger partial charge is 0.472 e. The molecule has 2 aromatic carbocycles. The van der Waals surface area contributed by atoms with Crippen molar-refractivity contribution in [2.45, 2.75) is 6.42 Å². The first-order chi connectivity index (χ1) is 13.7. The number of nitrogens with zero attached hydrogens (tertiary/aromatic N) is 2. The van der Waals surface area contributed by atoms with Crippen LogP contribution in [0.1, 0.15) is 21.5 Å². The molecule has 0 bridgehead atoms. The fraction of sp³-hybridized carbons (Fsp3) is 0.0455. The van der Waals surface area contributed by atoms with E-state index in [0.29, 0.717) is 17.8 Å². The highest BCUT2D eigenvalue weighted by atomic mass is 16.3. The number of nitrogens with one attached hydrogen (secondary N) is 1. The molecule has 3 N–H and O–H groups in total. The SMILES string of the molecule is NC(=O)c1cccc(Nc2ccc(-c3ccccc3)nn2)c1Cc1ccoc1. The molecular formula is C22H18N4O2. The molecule has 0 aliphatic heterocycles. The van der Waals surface area contributed by atoms with Crippen molar-refractivity contribution in [3.8, 4) is 11.3 Å². The fourth-order valence-corrected chi connectivity index (χ4v) is 3.02. The molecule has 6 nitrogen and oxygen atoms in total. The predicted molar refractivity (Wildman–Crippen MR) is 107 cm³/mol. The van der Waals surface area contributed by atoms with E-state index >= 15 is 0 Å². The van der Waals surface area contributed by atoms with Crippen molar-refractivity contribution in [2.24, 2.45) is 5.73 Å². The van der Waals surface area contributed by atoms with Crippen LogP contribution in [0, 0.1) is 0 Å². The van der Waals surface area contributed by atoms with Crippen molar-refractivity contribution >= 4 is 17.4 Å². The minimum absolute atomic E-state index is 0.458. The molecule has 0 saturated carbocycles. The number of aromatic nitrogens is 2. The van der Waals surface area contributed by atoms with Gasteiger partial charge >= 0.3 is 0 Å². The smallest absolute Gasteiger partial charge is 0.249 e. The van der Waals surface area contributed by atoms with E-state index in [4.69, 9.17) is 10.2 Å². The maximum absolute atomic E-state index is 11.9. The number of rotatable bonds is 6. The fourth-order valence-electron chi connectivity index (χ4n) is 3.02. The minimum Gasteiger partial charge on any atom is -0.472 e. The molecule has 0 aliphatic carbocycles. The highest BCUT2D eigenvalue weighted by molar-refractivity contribution is 5.96. The summed E-state index contributed by atoms with van der Waals surface area (Å²) in [7, 11) is 0. The molecule has 0 radical (unpaired) electrons. The molecule has 2 heterocycles. The number of hydrogen-bond acceptors (Lipinski definition) is 5. The van der Waals surface area contributed by atoms with Crippen LogP contribution in [0.2, 0.25) is 0 Å². The third kappa shape index (κ3) is 3.76. The average molecular weight is 370 g/mol. The quantitative estimate of drug-likeness (QED) is 0.531. The number of benzene rings is 2. The van der Waals surface area contributed by atoms with E-state index in [9.17, 15) is 4.79 Å². The first-order valence-corrected chi connectivity index (χ1v) is 8.79. The third-order valence-corrected chi connectivity index (χ3v) is 4.40. The average Bonchev–Trinajstić information content (AvgIpc) is 3.23. The molecule has 28 heavy (non-hydrogen) atoms. The zero-order chi connectivity index (χ0) is 19.3. The van der Waals surface area contributed by atoms with E-state index < -0.39 is 5.91 Å². The Morgan fingerprint density at radius 2 is 1.82 bits per heavy atom. The molecule has 4 aromatic rings. The first kappa shape index (κ1) is 17.5. The molecule has 0 spiro atoms. The molecule has 0 aliphatic rings. The van der Waals surface area contributed by atoms with Crippen molar-refractivity contribution in [1.82, 2.24) is 10.2 Å². The van der Waals surface area contributed by atoms with Crippen LogP contribution in [0.15, 0.2) is 83.7 Å². The highest BCUT2D eigenvalue weighted by Crippen LogP contribution is 2.26. The zero-order valence-corrected chi connectivity index (χ0v) is 15.0. The Kier molecular flexibility index (Phi) is 4.84. The number of amides is 1. The maximum Gasteiger partial charge on any atom is 0.249 e. The van der Waals surface area contributed by atoms with Gasteiger partial charge in [0.15, 0.2) is 5.82 Å². The summed E-state index contributed by atoms with van der Waals surface area (Å²) in [6.45, 7) is 0. The Hall–Kier alpha value is -3.93. The summed E-state index contributed by atoms with van der Waals surface area (Å²) in [6, 6.07) is 20.8. The Morgan fingerprint density at radius 3 is 2.50 bits per heavy atom. The van der Waals surface area contributed by atoms with Gasteiger partial charge in [-0.1, -0.05) is 36.4 Å². The van der Waals surface area contributed by atoms with Crippen molar-refractivity contribution in [3.05, 3.63) is 95.9 Å². The van der Waals surface area contributed by atoms with E-state index in [1.807, 2.05) is 54.6 Å². The Balaban J connectivity index is 1.64. The van der Waals surface area contributed by atoms with E-state index in [2.05, 4.69) is 15.5 Å². The number of hydrogen-bond donors (Lipinski definition) is 2. The van der Waals surface area contributed by atoms with Crippen molar-refractivity contribution in [1.29, 1.82) is 0 Å². The van der Waals surface area contributed by atoms with Gasteiger partial charge in [-0.05, 0) is 41.5 Å². The lowest BCUT2D eigenvalue weighted by molar-refractivity contribution is 0.0999. The minimum atomic E-state index is -0.479. The van der Waals surface area contributed by atoms with Crippen LogP contribution in [-0.2, 0) is 6.42 Å². The van der Waals surface area contributed by atoms with Gasteiger partial charge in [0, 0.05) is 23.2 Å². The highest BCUT2D eigenvalue weighted by Gasteiger charge is 2.14. The number of carbonyl (C=O) groups excluding carboxylic acids is 1. The molecule has 4 rings (SSSR count). The number of carbonyl (C=O) groups is 1. The molecule has 0 atom stereocenters. The molecule has 6 heteroatoms. The van der Waals surface area contributed by atoms with Crippen LogP contribution in [0.25, 0.3) is 11.3 Å². The van der Waals surface area contributed by atoms with Gasteiger partial charge in [0.1, 0.15) is 0 Å². The molecule has 0 unspecified atom stereocenters. The van der Waals surface area contributed by atoms with Crippen LogP contribution in [0.4, 0.5) is 11.5 Å². The van der Waals surface area contributed by atoms with E-state index in [1.165, 1.54) is 0 Å². The summed E-state index contributed by atoms with van der Waals surface area (Å²) in [4.78, 5) is 11.9. The van der Waals surface area contributed by atoms with Crippen LogP contribution < -0.4 is 11.1 Å². The maximum atomic E-state index is 11.9. The molecular weight excluding hydrogens is 352 g/mol. The van der Waals surface area contributed by atoms with Gasteiger partial charge < -0.3 is 15.5 Å². The van der Waals surface area contributed by atoms with E-state index in [0.717, 1.165) is 28.1 Å². The van der Waals surface area contributed by atoms with Crippen LogP contribution in [0.5, 0.6) is 0 Å². The zero-order valence-electron chi connectivity index (χ0n) is 15.0. The molecule has 0 fully saturated rings. The standard InChI is InChI=1S/C22H18N4O2/c23-22(27)17-7-4-8-20(18(17)13-15-11-12-28-14-15)24-21-10-9-19(25-26-21)16-5-2-1-3-6-16/h1-12,14H,13H2,(H2,23,27)(H,24,26). The lowest BCUT2D eigenvalue weighted by atomic mass is 9.98. The Bertz CT molecular complexity index is 1080. The topological polar surface area (TPSA) is 94.0 Å². The summed E-state index contributed by atoms with van der Waals surface area (Å²) >= 11 is 0. The van der Waals surface area contributed by atoms with Crippen molar-refractivity contribution in [3.63, 3.8) is 0 Å². The van der Waals surface area contributed by atoms with Gasteiger partial charge in [0.2, 0.25) is 5.91 Å². The van der Waals surface area contributed by atoms with Gasteiger partial charge in [0.05, 0.1) is 18.2 Å². The van der Waals surface area contributed by atoms with Gasteiger partial charge in [-0.15, -0.1) is 10.2 Å². The van der Waals surface area contributed by atoms with Crippen LogP contribution in [0.3, 0.4) is 0 Å². The summed E-state index contributed by atoms with van der Waals surface area (Å²) in [6.07, 6.45) is 3.76. The van der Waals surface area contributed by atoms with Gasteiger partial charge in [-0.25, -0.2) is 0 Å². The van der Waals surface area contributed by atoms with E-state index in [-0.39, 0.29) is 0 Å². The van der Waals surface area contributed by atoms with E-state index in [1.54, 1.807) is 24.7 Å². The predicted octanol–water partition coefficient (Wildman–Crippen LogP) is 4.17. The molecule has 138 valence electrons. The number of furan rings is 1. The summed E-state index contributed by atoms with van der Waals surface area (Å²) < 4.78 is 5.14. The molecule has 2 aromatic heterocycles. The number of anilines is 2. The lowest BCUT2D eigenvalue weighted by Gasteiger charge is -2.14. The monoisotopic (exact) mass is 370 g/mol. The van der Waals surface area contributed by atoms with Crippen molar-refractivity contribution < 1.29 is 9.21 Å². The Labute approximate surface area is 162 Å². The summed E-state index contributed by atoms with van der Waals surface area (Å²) in [5, 5.41) is 11.8. The second kappa shape index (κ2) is 7.75. The third-order valence-electron chi connectivity index (χ3n) is 4.40. The second-order valence-electron chi connectivity index (χ2n) is 6.30. The first-order valence-electron chi connectivity index (χ1n) is 8.79. The van der Waals surface area contributed by atoms with Gasteiger partial charge in [0.25, 0.3) is 0 Å². The molecule has 1 amide bonds. The summed E-state index contributed by atoms with van der Waals surface area (Å²) in [5.74, 6) is 0.0994. The summed E-state index contributed by atoms with van der Waals surface area (Å²) in [5.41, 5.74) is 10.3. The van der Waals surface area contributed by atoms with Crippen molar-refractivity contribution in [2.75, 3.05) is 5.32 Å². The Morgan fingerprint density at radius 1 is 0.964 bits per heavy atom. The number of primary amides is 1. The second-order valence-corrected chi connectivity index (χ2v) is 6.30. The molecule has 0 saturated heterocycles. The lowest BCUT2D eigenvalue weighted by Crippen LogP contribution is -2.15. The number of nitrogens with two attached hydrogens (primary N) is 1. The van der Waals surface area contributed by atoms with Gasteiger partial charge in [-0.2, -0.15) is 0 Å².